The van der Waals surface area contributed by atoms with Gasteiger partial charge in [0.05, 0.1) is 5.69 Å². The number of rotatable bonds is 3. The van der Waals surface area contributed by atoms with Crippen LogP contribution in [0.3, 0.4) is 0 Å². The fourth-order valence-electron chi connectivity index (χ4n) is 1.49. The van der Waals surface area contributed by atoms with Gasteiger partial charge in [0.15, 0.2) is 0 Å². The van der Waals surface area contributed by atoms with Gasteiger partial charge in [0.2, 0.25) is 5.91 Å². The van der Waals surface area contributed by atoms with Crippen LogP contribution in [0.25, 0.3) is 0 Å². The zero-order valence-corrected chi connectivity index (χ0v) is 12.4. The van der Waals surface area contributed by atoms with E-state index in [0.717, 1.165) is 18.2 Å². The van der Waals surface area contributed by atoms with Crippen LogP contribution in [0.4, 0.5) is 19.3 Å². The predicted molar refractivity (Wildman–Crippen MR) is 75.9 cm³/mol. The second-order valence-electron chi connectivity index (χ2n) is 5.68. The zero-order valence-electron chi connectivity index (χ0n) is 12.4. The van der Waals surface area contributed by atoms with E-state index in [9.17, 15) is 18.4 Å². The van der Waals surface area contributed by atoms with E-state index in [0.29, 0.717) is 0 Å². The summed E-state index contributed by atoms with van der Waals surface area (Å²) in [6, 6.07) is 1.09. The lowest BCUT2D eigenvalue weighted by molar-refractivity contribution is -0.123. The number of anilines is 1. The third kappa shape index (κ3) is 5.76. The fourth-order valence-corrected chi connectivity index (χ4v) is 1.49. The summed E-state index contributed by atoms with van der Waals surface area (Å²) in [7, 11) is 0. The van der Waals surface area contributed by atoms with Crippen molar-refractivity contribution in [3.63, 3.8) is 0 Å². The monoisotopic (exact) mass is 299 g/mol. The van der Waals surface area contributed by atoms with Crippen molar-refractivity contribution in [1.82, 2.24) is 10.6 Å². The van der Waals surface area contributed by atoms with Gasteiger partial charge in [-0.05, 0) is 39.8 Å². The highest BCUT2D eigenvalue weighted by molar-refractivity contribution is 5.93. The minimum Gasteiger partial charge on any atom is -0.350 e. The maximum atomic E-state index is 13.4. The second kappa shape index (κ2) is 6.51. The van der Waals surface area contributed by atoms with E-state index in [1.54, 1.807) is 20.8 Å². The Labute approximate surface area is 122 Å². The lowest BCUT2D eigenvalue weighted by Gasteiger charge is -2.23. The van der Waals surface area contributed by atoms with E-state index in [2.05, 4.69) is 16.0 Å². The molecule has 7 heteroatoms. The van der Waals surface area contributed by atoms with Gasteiger partial charge in [0.1, 0.15) is 17.7 Å². The Kier molecular flexibility index (Phi) is 5.23. The molecule has 0 aliphatic carbocycles. The minimum absolute atomic E-state index is 0.295. The summed E-state index contributed by atoms with van der Waals surface area (Å²) in [5.41, 5.74) is -0.728. The standard InChI is InChI=1S/C14H19F2N3O2/c1-8(12(20)19-14(2,3)4)17-13(21)18-11-7-9(15)5-6-10(11)16/h5-8H,1-4H3,(H,19,20)(H2,17,18,21). The minimum atomic E-state index is -0.819. The Morgan fingerprint density at radius 3 is 2.38 bits per heavy atom. The first-order valence-electron chi connectivity index (χ1n) is 6.43. The third-order valence-electron chi connectivity index (χ3n) is 2.42. The molecular formula is C14H19F2N3O2. The maximum absolute atomic E-state index is 13.4. The van der Waals surface area contributed by atoms with Crippen LogP contribution in [0.2, 0.25) is 0 Å². The number of carbonyl (C=O) groups excluding carboxylic acids is 2. The second-order valence-corrected chi connectivity index (χ2v) is 5.68. The van der Waals surface area contributed by atoms with Crippen molar-refractivity contribution in [3.8, 4) is 0 Å². The molecule has 1 atom stereocenters. The highest BCUT2D eigenvalue weighted by Crippen LogP contribution is 2.14. The predicted octanol–water partition coefficient (Wildman–Crippen LogP) is 2.39. The van der Waals surface area contributed by atoms with Crippen LogP contribution in [-0.2, 0) is 4.79 Å². The topological polar surface area (TPSA) is 70.2 Å². The molecule has 1 unspecified atom stereocenters. The molecule has 1 aromatic rings. The van der Waals surface area contributed by atoms with Crippen molar-refractivity contribution in [2.75, 3.05) is 5.32 Å². The summed E-state index contributed by atoms with van der Waals surface area (Å²) in [5, 5.41) is 7.19. The van der Waals surface area contributed by atoms with Crippen LogP contribution in [0.1, 0.15) is 27.7 Å². The van der Waals surface area contributed by atoms with Gasteiger partial charge in [-0.1, -0.05) is 0 Å². The molecule has 0 saturated carbocycles. The molecule has 21 heavy (non-hydrogen) atoms. The van der Waals surface area contributed by atoms with Crippen molar-refractivity contribution in [3.05, 3.63) is 29.8 Å². The highest BCUT2D eigenvalue weighted by Gasteiger charge is 2.21. The smallest absolute Gasteiger partial charge is 0.319 e. The van der Waals surface area contributed by atoms with Crippen LogP contribution >= 0.6 is 0 Å². The Hall–Kier alpha value is -2.18. The molecule has 0 aromatic heterocycles. The molecule has 0 aliphatic heterocycles. The third-order valence-corrected chi connectivity index (χ3v) is 2.42. The van der Waals surface area contributed by atoms with Gasteiger partial charge in [-0.2, -0.15) is 0 Å². The lowest BCUT2D eigenvalue weighted by atomic mass is 10.1. The van der Waals surface area contributed by atoms with Gasteiger partial charge in [-0.15, -0.1) is 0 Å². The highest BCUT2D eigenvalue weighted by atomic mass is 19.1. The SMILES string of the molecule is CC(NC(=O)Nc1cc(F)ccc1F)C(=O)NC(C)(C)C. The van der Waals surface area contributed by atoms with E-state index in [1.165, 1.54) is 6.92 Å². The van der Waals surface area contributed by atoms with Crippen molar-refractivity contribution in [2.45, 2.75) is 39.3 Å². The largest absolute Gasteiger partial charge is 0.350 e. The van der Waals surface area contributed by atoms with E-state index < -0.39 is 29.2 Å². The van der Waals surface area contributed by atoms with Crippen LogP contribution in [0, 0.1) is 11.6 Å². The first-order chi connectivity index (χ1) is 9.58. The van der Waals surface area contributed by atoms with Crippen LogP contribution in [0.15, 0.2) is 18.2 Å². The molecule has 116 valence electrons. The molecule has 5 nitrogen and oxygen atoms in total. The van der Waals surface area contributed by atoms with Crippen molar-refractivity contribution < 1.29 is 18.4 Å². The molecule has 0 aliphatic rings. The molecule has 0 radical (unpaired) electrons. The number of hydrogen-bond donors (Lipinski definition) is 3. The van der Waals surface area contributed by atoms with E-state index in [-0.39, 0.29) is 11.6 Å². The van der Waals surface area contributed by atoms with Crippen molar-refractivity contribution in [2.24, 2.45) is 0 Å². The Morgan fingerprint density at radius 2 is 1.81 bits per heavy atom. The molecule has 0 bridgehead atoms. The quantitative estimate of drug-likeness (QED) is 0.802. The average molecular weight is 299 g/mol. The van der Waals surface area contributed by atoms with Crippen LogP contribution in [-0.4, -0.2) is 23.5 Å². The number of carbonyl (C=O) groups is 2. The summed E-state index contributed by atoms with van der Waals surface area (Å²) in [6.45, 7) is 6.90. The molecule has 0 spiro atoms. The molecular weight excluding hydrogens is 280 g/mol. The van der Waals surface area contributed by atoms with Crippen LogP contribution < -0.4 is 16.0 Å². The molecule has 1 aromatic carbocycles. The Balaban J connectivity index is 2.61. The van der Waals surface area contributed by atoms with Gasteiger partial charge in [0.25, 0.3) is 0 Å². The van der Waals surface area contributed by atoms with Gasteiger partial charge in [0, 0.05) is 11.6 Å². The first-order valence-corrected chi connectivity index (χ1v) is 6.43. The zero-order chi connectivity index (χ0) is 16.2. The lowest BCUT2D eigenvalue weighted by Crippen LogP contribution is -2.51. The van der Waals surface area contributed by atoms with E-state index in [4.69, 9.17) is 0 Å². The number of halogens is 2. The van der Waals surface area contributed by atoms with Gasteiger partial charge >= 0.3 is 6.03 Å². The summed E-state index contributed by atoms with van der Waals surface area (Å²) >= 11 is 0. The molecule has 3 amide bonds. The normalized spacial score (nSPS) is 12.5. The summed E-state index contributed by atoms with van der Waals surface area (Å²) in [5.74, 6) is -1.82. The number of nitrogens with one attached hydrogen (secondary N) is 3. The Bertz CT molecular complexity index is 542. The number of urea groups is 1. The Morgan fingerprint density at radius 1 is 1.19 bits per heavy atom. The molecule has 1 rings (SSSR count). The molecule has 0 fully saturated rings. The van der Waals surface area contributed by atoms with Gasteiger partial charge < -0.3 is 16.0 Å². The summed E-state index contributed by atoms with van der Waals surface area (Å²) in [6.07, 6.45) is 0. The van der Waals surface area contributed by atoms with Gasteiger partial charge in [-0.3, -0.25) is 4.79 Å². The average Bonchev–Trinajstić information content (AvgIpc) is 2.31. The number of benzene rings is 1. The first kappa shape index (κ1) is 16.9. The van der Waals surface area contributed by atoms with E-state index >= 15 is 0 Å². The fraction of sp³-hybridized carbons (Fsp3) is 0.429. The number of amides is 3. The van der Waals surface area contributed by atoms with Crippen molar-refractivity contribution in [1.29, 1.82) is 0 Å². The summed E-state index contributed by atoms with van der Waals surface area (Å²) in [4.78, 5) is 23.4. The van der Waals surface area contributed by atoms with Gasteiger partial charge in [-0.25, -0.2) is 13.6 Å². The summed E-state index contributed by atoms with van der Waals surface area (Å²) < 4.78 is 26.3. The van der Waals surface area contributed by atoms with Crippen LogP contribution in [0.5, 0.6) is 0 Å². The maximum Gasteiger partial charge on any atom is 0.319 e. The molecule has 0 heterocycles. The van der Waals surface area contributed by atoms with Crippen molar-refractivity contribution >= 4 is 17.6 Å². The van der Waals surface area contributed by atoms with E-state index in [1.807, 2.05) is 0 Å². The molecule has 3 N–H and O–H groups in total. The number of hydrogen-bond acceptors (Lipinski definition) is 2. The molecule has 0 saturated heterocycles.